The lowest BCUT2D eigenvalue weighted by Crippen LogP contribution is -2.41. The molecule has 0 bridgehead atoms. The van der Waals surface area contributed by atoms with Crippen LogP contribution in [0.3, 0.4) is 0 Å². The fraction of sp³-hybridized carbons (Fsp3) is 0.538. The van der Waals surface area contributed by atoms with Crippen LogP contribution < -0.4 is 0 Å². The summed E-state index contributed by atoms with van der Waals surface area (Å²) in [5, 5.41) is 0. The lowest BCUT2D eigenvalue weighted by atomic mass is 9.93. The lowest BCUT2D eigenvalue weighted by molar-refractivity contribution is -0.329. The van der Waals surface area contributed by atoms with Gasteiger partial charge in [-0.2, -0.15) is 0 Å². The van der Waals surface area contributed by atoms with Crippen LogP contribution in [0.2, 0.25) is 0 Å². The Bertz CT molecular complexity index is 385. The summed E-state index contributed by atoms with van der Waals surface area (Å²) in [5.74, 6) is -0.529. The van der Waals surface area contributed by atoms with E-state index in [2.05, 4.69) is 6.58 Å². The molecule has 2 amide bonds. The Morgan fingerprint density at radius 3 is 2.28 bits per heavy atom. The van der Waals surface area contributed by atoms with Crippen LogP contribution in [0, 0.1) is 0 Å². The molecule has 5 nitrogen and oxygen atoms in total. The van der Waals surface area contributed by atoms with Crippen molar-refractivity contribution in [3.05, 3.63) is 23.8 Å². The van der Waals surface area contributed by atoms with E-state index in [1.807, 2.05) is 0 Å². The molecule has 1 unspecified atom stereocenters. The number of hydrogen-bond acceptors (Lipinski definition) is 4. The van der Waals surface area contributed by atoms with E-state index in [4.69, 9.17) is 9.78 Å². The van der Waals surface area contributed by atoms with Gasteiger partial charge in [-0.25, -0.2) is 14.7 Å². The summed E-state index contributed by atoms with van der Waals surface area (Å²) in [6.45, 7) is 5.68. The number of nitrogens with zero attached hydrogens (tertiary/aromatic N) is 1. The first-order valence-corrected chi connectivity index (χ1v) is 6.21. The molecule has 0 radical (unpaired) electrons. The van der Waals surface area contributed by atoms with Crippen molar-refractivity contribution < 1.29 is 19.4 Å². The van der Waals surface area contributed by atoms with Crippen LogP contribution in [0.5, 0.6) is 0 Å². The fourth-order valence-corrected chi connectivity index (χ4v) is 2.32. The third-order valence-electron chi connectivity index (χ3n) is 3.16. The molecule has 1 aliphatic heterocycles. The summed E-state index contributed by atoms with van der Waals surface area (Å²) in [6.07, 6.45) is 3.80. The Hall–Kier alpha value is -1.46. The Morgan fingerprint density at radius 2 is 1.83 bits per heavy atom. The zero-order valence-corrected chi connectivity index (χ0v) is 10.5. The van der Waals surface area contributed by atoms with Crippen LogP contribution in [-0.4, -0.2) is 29.5 Å². The highest BCUT2D eigenvalue weighted by Gasteiger charge is 2.42. The summed E-state index contributed by atoms with van der Waals surface area (Å²) < 4.78 is 0. The molecule has 0 aromatic carbocycles. The molecule has 98 valence electrons. The van der Waals surface area contributed by atoms with Crippen molar-refractivity contribution >= 4 is 11.8 Å². The second-order valence-corrected chi connectivity index (χ2v) is 4.27. The van der Waals surface area contributed by atoms with Crippen LogP contribution >= 0.6 is 0 Å². The van der Waals surface area contributed by atoms with Crippen LogP contribution in [-0.2, 0) is 19.4 Å². The number of amides is 2. The minimum absolute atomic E-state index is 0.265. The normalized spacial score (nSPS) is 21.3. The molecule has 0 aromatic rings. The molecule has 1 aliphatic carbocycles. The maximum absolute atomic E-state index is 12.2. The fourth-order valence-electron chi connectivity index (χ4n) is 2.32. The summed E-state index contributed by atoms with van der Waals surface area (Å²) in [7, 11) is 0. The number of rotatable bonds is 5. The zero-order chi connectivity index (χ0) is 13.1. The predicted octanol–water partition coefficient (Wildman–Crippen LogP) is 1.71. The van der Waals surface area contributed by atoms with Crippen LogP contribution in [0.4, 0.5) is 0 Å². The van der Waals surface area contributed by atoms with Crippen molar-refractivity contribution in [3.8, 4) is 0 Å². The SMILES string of the molecule is C=CC(OOCC)N1C(=O)C2=C(CCCC2)C1=O. The van der Waals surface area contributed by atoms with Gasteiger partial charge >= 0.3 is 0 Å². The number of carbonyl (C=O) groups is 2. The highest BCUT2D eigenvalue weighted by Crippen LogP contribution is 2.34. The van der Waals surface area contributed by atoms with Crippen molar-refractivity contribution in [3.63, 3.8) is 0 Å². The maximum atomic E-state index is 12.2. The van der Waals surface area contributed by atoms with E-state index in [-0.39, 0.29) is 11.8 Å². The lowest BCUT2D eigenvalue weighted by Gasteiger charge is -2.22. The van der Waals surface area contributed by atoms with Gasteiger partial charge in [-0.05, 0) is 38.7 Å². The van der Waals surface area contributed by atoms with Crippen molar-refractivity contribution in [2.45, 2.75) is 38.8 Å². The standard InChI is InChI=1S/C13H17NO4/c1-3-11(18-17-4-2)14-12(15)9-7-5-6-8-10(9)13(14)16/h3,11H,1,4-8H2,2H3. The van der Waals surface area contributed by atoms with Gasteiger partial charge in [-0.1, -0.05) is 6.58 Å². The first-order chi connectivity index (χ1) is 8.70. The van der Waals surface area contributed by atoms with Gasteiger partial charge in [0.25, 0.3) is 11.8 Å². The first kappa shape index (κ1) is 13.0. The third kappa shape index (κ3) is 2.11. The molecule has 18 heavy (non-hydrogen) atoms. The summed E-state index contributed by atoms with van der Waals surface area (Å²) >= 11 is 0. The van der Waals surface area contributed by atoms with Crippen molar-refractivity contribution in [1.82, 2.24) is 4.90 Å². The summed E-state index contributed by atoms with van der Waals surface area (Å²) in [6, 6.07) is 0. The van der Waals surface area contributed by atoms with E-state index in [1.54, 1.807) is 6.92 Å². The van der Waals surface area contributed by atoms with E-state index in [0.717, 1.165) is 17.7 Å². The molecule has 0 fully saturated rings. The molecule has 1 atom stereocenters. The van der Waals surface area contributed by atoms with Crippen molar-refractivity contribution in [2.24, 2.45) is 0 Å². The smallest absolute Gasteiger partial charge is 0.259 e. The first-order valence-electron chi connectivity index (χ1n) is 6.21. The molecule has 0 saturated heterocycles. The van der Waals surface area contributed by atoms with Gasteiger partial charge in [-0.15, -0.1) is 0 Å². The minimum atomic E-state index is -0.851. The number of hydrogen-bond donors (Lipinski definition) is 0. The molecule has 0 N–H and O–H groups in total. The van der Waals surface area contributed by atoms with Gasteiger partial charge in [0.2, 0.25) is 0 Å². The van der Waals surface area contributed by atoms with Gasteiger partial charge in [0.1, 0.15) is 0 Å². The van der Waals surface area contributed by atoms with E-state index < -0.39 is 6.23 Å². The van der Waals surface area contributed by atoms with Crippen LogP contribution in [0.25, 0.3) is 0 Å². The number of imide groups is 1. The van der Waals surface area contributed by atoms with E-state index >= 15 is 0 Å². The molecule has 0 spiro atoms. The predicted molar refractivity (Wildman–Crippen MR) is 64.0 cm³/mol. The van der Waals surface area contributed by atoms with Crippen LogP contribution in [0.1, 0.15) is 32.6 Å². The molecule has 2 rings (SSSR count). The second-order valence-electron chi connectivity index (χ2n) is 4.27. The highest BCUT2D eigenvalue weighted by molar-refractivity contribution is 6.19. The Balaban J connectivity index is 2.18. The average molecular weight is 251 g/mol. The maximum Gasteiger partial charge on any atom is 0.259 e. The van der Waals surface area contributed by atoms with Crippen LogP contribution in [0.15, 0.2) is 23.8 Å². The topological polar surface area (TPSA) is 55.8 Å². The van der Waals surface area contributed by atoms with Gasteiger partial charge in [-0.3, -0.25) is 9.59 Å². The summed E-state index contributed by atoms with van der Waals surface area (Å²) in [4.78, 5) is 35.3. The molecule has 1 heterocycles. The Labute approximate surface area is 106 Å². The molecule has 2 aliphatic rings. The summed E-state index contributed by atoms with van der Waals surface area (Å²) in [5.41, 5.74) is 1.27. The zero-order valence-electron chi connectivity index (χ0n) is 10.5. The Kier molecular flexibility index (Phi) is 3.93. The van der Waals surface area contributed by atoms with Crippen molar-refractivity contribution in [2.75, 3.05) is 6.61 Å². The van der Waals surface area contributed by atoms with Crippen molar-refractivity contribution in [1.29, 1.82) is 0 Å². The molecule has 0 aromatic heterocycles. The second kappa shape index (κ2) is 5.46. The number of carbonyl (C=O) groups excluding carboxylic acids is 2. The van der Waals surface area contributed by atoms with Gasteiger partial charge in [0.15, 0.2) is 6.23 Å². The van der Waals surface area contributed by atoms with Gasteiger partial charge in [0.05, 0.1) is 6.61 Å². The highest BCUT2D eigenvalue weighted by atomic mass is 17.2. The van der Waals surface area contributed by atoms with Gasteiger partial charge < -0.3 is 0 Å². The van der Waals surface area contributed by atoms with E-state index in [9.17, 15) is 9.59 Å². The van der Waals surface area contributed by atoms with E-state index in [1.165, 1.54) is 6.08 Å². The third-order valence-corrected chi connectivity index (χ3v) is 3.16. The minimum Gasteiger partial charge on any atom is -0.269 e. The quantitative estimate of drug-likeness (QED) is 0.323. The van der Waals surface area contributed by atoms with Gasteiger partial charge in [0, 0.05) is 11.1 Å². The molecule has 5 heteroatoms. The molecule has 0 saturated carbocycles. The van der Waals surface area contributed by atoms with E-state index in [0.29, 0.717) is 30.6 Å². The molecular weight excluding hydrogens is 234 g/mol. The monoisotopic (exact) mass is 251 g/mol. The Morgan fingerprint density at radius 1 is 1.28 bits per heavy atom. The average Bonchev–Trinajstić information content (AvgIpc) is 2.65. The molecular formula is C13H17NO4. The largest absolute Gasteiger partial charge is 0.269 e.